The molecule has 0 radical (unpaired) electrons. The number of hydrogen-bond donors (Lipinski definition) is 3. The molecule has 0 saturated carbocycles. The summed E-state index contributed by atoms with van der Waals surface area (Å²) >= 11 is 0. The Morgan fingerprint density at radius 1 is 0.880 bits per heavy atom. The van der Waals surface area contributed by atoms with Crippen molar-refractivity contribution in [1.29, 1.82) is 0 Å². The molecule has 0 aliphatic carbocycles. The molecule has 126 valence electrons. The van der Waals surface area contributed by atoms with Gasteiger partial charge in [-0.3, -0.25) is 4.79 Å². The number of benzene rings is 3. The van der Waals surface area contributed by atoms with Gasteiger partial charge in [0.15, 0.2) is 0 Å². The van der Waals surface area contributed by atoms with Crippen LogP contribution in [0.15, 0.2) is 66.7 Å². The van der Waals surface area contributed by atoms with Crippen LogP contribution in [0.25, 0.3) is 10.8 Å². The maximum atomic E-state index is 12.1. The molecule has 0 bridgehead atoms. The Morgan fingerprint density at radius 2 is 1.60 bits per heavy atom. The summed E-state index contributed by atoms with van der Waals surface area (Å²) in [4.78, 5) is 23.6. The van der Waals surface area contributed by atoms with Gasteiger partial charge < -0.3 is 16.0 Å². The van der Waals surface area contributed by atoms with E-state index in [0.29, 0.717) is 12.1 Å². The topological polar surface area (TPSA) is 70.2 Å². The summed E-state index contributed by atoms with van der Waals surface area (Å²) in [5.74, 6) is -0.131. The van der Waals surface area contributed by atoms with E-state index in [2.05, 4.69) is 16.0 Å². The molecule has 0 unspecified atom stereocenters. The summed E-state index contributed by atoms with van der Waals surface area (Å²) in [7, 11) is 1.59. The monoisotopic (exact) mass is 333 g/mol. The Hall–Kier alpha value is -3.34. The summed E-state index contributed by atoms with van der Waals surface area (Å²) in [6, 6.07) is 20.6. The van der Waals surface area contributed by atoms with E-state index in [0.717, 1.165) is 22.0 Å². The van der Waals surface area contributed by atoms with Crippen molar-refractivity contribution in [3.8, 4) is 0 Å². The summed E-state index contributed by atoms with van der Waals surface area (Å²) < 4.78 is 0. The maximum absolute atomic E-state index is 12.1. The first-order valence-corrected chi connectivity index (χ1v) is 8.00. The van der Waals surface area contributed by atoms with Crippen molar-refractivity contribution >= 4 is 28.4 Å². The molecule has 3 aromatic rings. The fourth-order valence-corrected chi connectivity index (χ4v) is 2.54. The minimum atomic E-state index is -0.273. The molecular weight excluding hydrogens is 314 g/mol. The third-order valence-electron chi connectivity index (χ3n) is 3.90. The van der Waals surface area contributed by atoms with E-state index in [1.165, 1.54) is 0 Å². The molecule has 25 heavy (non-hydrogen) atoms. The highest BCUT2D eigenvalue weighted by molar-refractivity contribution is 5.94. The fourth-order valence-electron chi connectivity index (χ4n) is 2.54. The third-order valence-corrected chi connectivity index (χ3v) is 3.90. The van der Waals surface area contributed by atoms with Crippen LogP contribution in [-0.2, 0) is 6.54 Å². The van der Waals surface area contributed by atoms with E-state index in [1.54, 1.807) is 19.2 Å². The smallest absolute Gasteiger partial charge is 0.319 e. The highest BCUT2D eigenvalue weighted by Crippen LogP contribution is 2.18. The van der Waals surface area contributed by atoms with Gasteiger partial charge in [0.1, 0.15) is 0 Å². The number of fused-ring (bicyclic) bond motifs is 1. The summed E-state index contributed by atoms with van der Waals surface area (Å²) in [6.07, 6.45) is 0. The summed E-state index contributed by atoms with van der Waals surface area (Å²) in [5.41, 5.74) is 2.25. The van der Waals surface area contributed by atoms with Gasteiger partial charge in [0, 0.05) is 24.8 Å². The van der Waals surface area contributed by atoms with E-state index >= 15 is 0 Å². The maximum Gasteiger partial charge on any atom is 0.319 e. The molecule has 3 amide bonds. The van der Waals surface area contributed by atoms with Crippen molar-refractivity contribution in [3.05, 3.63) is 77.9 Å². The largest absolute Gasteiger partial charge is 0.355 e. The molecule has 0 aliphatic rings. The highest BCUT2D eigenvalue weighted by atomic mass is 16.2. The molecular formula is C20H19N3O2. The number of carbonyl (C=O) groups excluding carboxylic acids is 2. The van der Waals surface area contributed by atoms with Crippen LogP contribution >= 0.6 is 0 Å². The van der Waals surface area contributed by atoms with Gasteiger partial charge in [0.25, 0.3) is 5.91 Å². The first kappa shape index (κ1) is 16.5. The lowest BCUT2D eigenvalue weighted by Gasteiger charge is -2.09. The van der Waals surface area contributed by atoms with Crippen LogP contribution in [0, 0.1) is 0 Å². The first-order valence-electron chi connectivity index (χ1n) is 8.00. The van der Waals surface area contributed by atoms with Crippen LogP contribution in [0.3, 0.4) is 0 Å². The second kappa shape index (κ2) is 7.49. The van der Waals surface area contributed by atoms with Crippen molar-refractivity contribution in [3.63, 3.8) is 0 Å². The van der Waals surface area contributed by atoms with Crippen molar-refractivity contribution < 1.29 is 9.59 Å². The second-order valence-corrected chi connectivity index (χ2v) is 5.65. The number of carbonyl (C=O) groups is 2. The standard InChI is InChI=1S/C20H19N3O2/c1-21-19(24)16-8-6-14(7-9-16)13-22-20(25)23-18-11-10-15-4-2-3-5-17(15)12-18/h2-12H,13H2,1H3,(H,21,24)(H2,22,23,25). The van der Waals surface area contributed by atoms with Gasteiger partial charge in [0.05, 0.1) is 0 Å². The Balaban J connectivity index is 1.57. The van der Waals surface area contributed by atoms with Gasteiger partial charge in [-0.2, -0.15) is 0 Å². The quantitative estimate of drug-likeness (QED) is 0.684. The van der Waals surface area contributed by atoms with E-state index in [-0.39, 0.29) is 11.9 Å². The number of anilines is 1. The SMILES string of the molecule is CNC(=O)c1ccc(CNC(=O)Nc2ccc3ccccc3c2)cc1. The number of amides is 3. The molecule has 3 N–H and O–H groups in total. The molecule has 0 aliphatic heterocycles. The lowest BCUT2D eigenvalue weighted by Crippen LogP contribution is -2.28. The number of rotatable bonds is 4. The van der Waals surface area contributed by atoms with Crippen molar-refractivity contribution in [2.24, 2.45) is 0 Å². The first-order chi connectivity index (χ1) is 12.2. The predicted octanol–water partition coefficient (Wildman–Crippen LogP) is 3.52. The minimum absolute atomic E-state index is 0.131. The van der Waals surface area contributed by atoms with Gasteiger partial charge in [-0.15, -0.1) is 0 Å². The lowest BCUT2D eigenvalue weighted by molar-refractivity contribution is 0.0963. The Morgan fingerprint density at radius 3 is 2.32 bits per heavy atom. The fraction of sp³-hybridized carbons (Fsp3) is 0.100. The van der Waals surface area contributed by atoms with Crippen LogP contribution in [0.1, 0.15) is 15.9 Å². The molecule has 0 aromatic heterocycles. The number of urea groups is 1. The number of hydrogen-bond acceptors (Lipinski definition) is 2. The Labute approximate surface area is 146 Å². The van der Waals surface area contributed by atoms with Crippen LogP contribution in [0.4, 0.5) is 10.5 Å². The van der Waals surface area contributed by atoms with Crippen LogP contribution < -0.4 is 16.0 Å². The lowest BCUT2D eigenvalue weighted by atomic mass is 10.1. The Kier molecular flexibility index (Phi) is 4.95. The summed E-state index contributed by atoms with van der Waals surface area (Å²) in [6.45, 7) is 0.382. The second-order valence-electron chi connectivity index (χ2n) is 5.65. The molecule has 3 rings (SSSR count). The van der Waals surface area contributed by atoms with Crippen LogP contribution in [0.5, 0.6) is 0 Å². The number of nitrogens with one attached hydrogen (secondary N) is 3. The van der Waals surface area contributed by atoms with Crippen LogP contribution in [0.2, 0.25) is 0 Å². The van der Waals surface area contributed by atoms with Crippen LogP contribution in [-0.4, -0.2) is 19.0 Å². The molecule has 5 heteroatoms. The van der Waals surface area contributed by atoms with Gasteiger partial charge >= 0.3 is 6.03 Å². The Bertz CT molecular complexity index is 904. The van der Waals surface area contributed by atoms with Gasteiger partial charge in [-0.25, -0.2) is 4.79 Å². The average Bonchev–Trinajstić information content (AvgIpc) is 2.66. The molecule has 0 heterocycles. The van der Waals surface area contributed by atoms with Gasteiger partial charge in [-0.05, 0) is 40.6 Å². The van der Waals surface area contributed by atoms with E-state index in [9.17, 15) is 9.59 Å². The van der Waals surface area contributed by atoms with E-state index in [1.807, 2.05) is 54.6 Å². The minimum Gasteiger partial charge on any atom is -0.355 e. The zero-order chi connectivity index (χ0) is 17.6. The van der Waals surface area contributed by atoms with Crippen molar-refractivity contribution in [2.45, 2.75) is 6.54 Å². The molecule has 5 nitrogen and oxygen atoms in total. The third kappa shape index (κ3) is 4.14. The van der Waals surface area contributed by atoms with Gasteiger partial charge in [0.2, 0.25) is 0 Å². The molecule has 0 atom stereocenters. The highest BCUT2D eigenvalue weighted by Gasteiger charge is 2.05. The van der Waals surface area contributed by atoms with Gasteiger partial charge in [-0.1, -0.05) is 42.5 Å². The van der Waals surface area contributed by atoms with E-state index < -0.39 is 0 Å². The van der Waals surface area contributed by atoms with Crippen molar-refractivity contribution in [1.82, 2.24) is 10.6 Å². The predicted molar refractivity (Wildman–Crippen MR) is 99.6 cm³/mol. The summed E-state index contributed by atoms with van der Waals surface area (Å²) in [5, 5.41) is 10.4. The molecule has 0 saturated heterocycles. The molecule has 0 fully saturated rings. The van der Waals surface area contributed by atoms with Crippen molar-refractivity contribution in [2.75, 3.05) is 12.4 Å². The normalized spacial score (nSPS) is 10.3. The average molecular weight is 333 g/mol. The van der Waals surface area contributed by atoms with E-state index in [4.69, 9.17) is 0 Å². The zero-order valence-corrected chi connectivity index (χ0v) is 13.9. The molecule has 3 aromatic carbocycles. The molecule has 0 spiro atoms. The zero-order valence-electron chi connectivity index (χ0n) is 13.9.